The minimum atomic E-state index is -2.34. The van der Waals surface area contributed by atoms with E-state index in [1.165, 1.54) is 17.3 Å². The van der Waals surface area contributed by atoms with Crippen LogP contribution < -0.4 is 10.4 Å². The SMILES string of the molecule is CC(=O)OCC[C@H]1C[C@@H](C)O[Si]1(c1ccccc1)c1ccccc1. The molecule has 0 unspecified atom stereocenters. The number of carbonyl (C=O) groups is 1. The van der Waals surface area contributed by atoms with E-state index in [1.54, 1.807) is 0 Å². The van der Waals surface area contributed by atoms with Crippen LogP contribution in [0.4, 0.5) is 0 Å². The molecule has 0 aliphatic carbocycles. The van der Waals surface area contributed by atoms with Crippen LogP contribution in [0.1, 0.15) is 26.7 Å². The summed E-state index contributed by atoms with van der Waals surface area (Å²) < 4.78 is 11.9. The van der Waals surface area contributed by atoms with E-state index in [9.17, 15) is 4.79 Å². The smallest absolute Gasteiger partial charge is 0.302 e. The Morgan fingerprint density at radius 3 is 2.12 bits per heavy atom. The molecular weight excluding hydrogens is 316 g/mol. The molecule has 1 heterocycles. The first-order chi connectivity index (χ1) is 11.6. The molecule has 126 valence electrons. The van der Waals surface area contributed by atoms with Crippen LogP contribution in [0.15, 0.2) is 60.7 Å². The first kappa shape index (κ1) is 16.9. The second-order valence-corrected chi connectivity index (χ2v) is 10.1. The molecule has 0 saturated carbocycles. The number of hydrogen-bond donors (Lipinski definition) is 0. The van der Waals surface area contributed by atoms with Gasteiger partial charge in [-0.2, -0.15) is 0 Å². The molecular formula is C20H24O3Si. The zero-order valence-electron chi connectivity index (χ0n) is 14.3. The van der Waals surface area contributed by atoms with E-state index in [2.05, 4.69) is 55.5 Å². The molecule has 3 rings (SSSR count). The van der Waals surface area contributed by atoms with Gasteiger partial charge >= 0.3 is 5.97 Å². The molecule has 0 bridgehead atoms. The van der Waals surface area contributed by atoms with Crippen LogP contribution in [-0.4, -0.2) is 27.0 Å². The lowest BCUT2D eigenvalue weighted by atomic mass is 10.2. The molecule has 0 radical (unpaired) electrons. The molecule has 3 nitrogen and oxygen atoms in total. The molecule has 4 heteroatoms. The van der Waals surface area contributed by atoms with E-state index in [1.807, 2.05) is 12.1 Å². The molecule has 24 heavy (non-hydrogen) atoms. The van der Waals surface area contributed by atoms with Crippen LogP contribution in [-0.2, 0) is 14.0 Å². The predicted octanol–water partition coefficient (Wildman–Crippen LogP) is 2.88. The Morgan fingerprint density at radius 1 is 1.08 bits per heavy atom. The summed E-state index contributed by atoms with van der Waals surface area (Å²) in [4.78, 5) is 11.1. The Bertz CT molecular complexity index is 632. The standard InChI is InChI=1S/C20H24O3Si/c1-16-15-20(13-14-22-17(2)21)24(23-16,18-9-5-3-6-10-18)19-11-7-4-8-12-19/h3-12,16,20H,13-15H2,1-2H3/t16-,20+/m1/s1. The number of carbonyl (C=O) groups excluding carboxylic acids is 1. The van der Waals surface area contributed by atoms with Crippen LogP contribution in [0.25, 0.3) is 0 Å². The van der Waals surface area contributed by atoms with E-state index in [4.69, 9.17) is 9.16 Å². The molecule has 1 aliphatic rings. The lowest BCUT2D eigenvalue weighted by Crippen LogP contribution is -2.61. The molecule has 2 aromatic rings. The Kier molecular flexibility index (Phi) is 5.16. The fraction of sp³-hybridized carbons (Fsp3) is 0.350. The summed E-state index contributed by atoms with van der Waals surface area (Å²) in [5.41, 5.74) is 0.400. The minimum absolute atomic E-state index is 0.214. The van der Waals surface area contributed by atoms with Crippen molar-refractivity contribution in [1.82, 2.24) is 0 Å². The van der Waals surface area contributed by atoms with Gasteiger partial charge in [-0.15, -0.1) is 0 Å². The first-order valence-corrected chi connectivity index (χ1v) is 10.5. The van der Waals surface area contributed by atoms with Crippen LogP contribution >= 0.6 is 0 Å². The molecule has 2 atom stereocenters. The number of hydrogen-bond acceptors (Lipinski definition) is 3. The normalized spacial score (nSPS) is 22.2. The zero-order chi connectivity index (χ0) is 17.0. The maximum Gasteiger partial charge on any atom is 0.302 e. The highest BCUT2D eigenvalue weighted by molar-refractivity contribution is 6.99. The average molecular weight is 340 g/mol. The second kappa shape index (κ2) is 7.32. The van der Waals surface area contributed by atoms with Crippen molar-refractivity contribution in [3.63, 3.8) is 0 Å². The van der Waals surface area contributed by atoms with Gasteiger partial charge in [0.15, 0.2) is 0 Å². The van der Waals surface area contributed by atoms with Crippen molar-refractivity contribution < 1.29 is 14.0 Å². The van der Waals surface area contributed by atoms with Gasteiger partial charge in [-0.25, -0.2) is 0 Å². The number of rotatable bonds is 5. The highest BCUT2D eigenvalue weighted by atomic mass is 28.4. The van der Waals surface area contributed by atoms with Gasteiger partial charge in [0, 0.05) is 13.0 Å². The van der Waals surface area contributed by atoms with E-state index in [0.29, 0.717) is 12.1 Å². The van der Waals surface area contributed by atoms with Crippen molar-refractivity contribution in [2.75, 3.05) is 6.61 Å². The topological polar surface area (TPSA) is 35.5 Å². The van der Waals surface area contributed by atoms with E-state index >= 15 is 0 Å². The zero-order valence-corrected chi connectivity index (χ0v) is 15.3. The van der Waals surface area contributed by atoms with E-state index < -0.39 is 8.32 Å². The van der Waals surface area contributed by atoms with Crippen molar-refractivity contribution in [3.8, 4) is 0 Å². The van der Waals surface area contributed by atoms with Gasteiger partial charge in [0.2, 0.25) is 0 Å². The van der Waals surface area contributed by atoms with Crippen LogP contribution in [0.3, 0.4) is 0 Å². The number of ether oxygens (including phenoxy) is 1. The molecule has 0 amide bonds. The van der Waals surface area contributed by atoms with Gasteiger partial charge in [-0.3, -0.25) is 4.79 Å². The van der Waals surface area contributed by atoms with Crippen LogP contribution in [0.2, 0.25) is 5.54 Å². The van der Waals surface area contributed by atoms with Gasteiger partial charge in [-0.05, 0) is 35.7 Å². The van der Waals surface area contributed by atoms with Gasteiger partial charge in [-0.1, -0.05) is 60.7 Å². The summed E-state index contributed by atoms with van der Waals surface area (Å²) in [5, 5.41) is 2.60. The summed E-state index contributed by atoms with van der Waals surface area (Å²) in [6.45, 7) is 4.08. The van der Waals surface area contributed by atoms with Crippen molar-refractivity contribution in [1.29, 1.82) is 0 Å². The highest BCUT2D eigenvalue weighted by Gasteiger charge is 2.52. The molecule has 0 N–H and O–H groups in total. The van der Waals surface area contributed by atoms with Gasteiger partial charge in [0.05, 0.1) is 6.61 Å². The highest BCUT2D eigenvalue weighted by Crippen LogP contribution is 2.39. The van der Waals surface area contributed by atoms with E-state index in [0.717, 1.165) is 12.8 Å². The third kappa shape index (κ3) is 3.30. The van der Waals surface area contributed by atoms with Gasteiger partial charge < -0.3 is 9.16 Å². The first-order valence-electron chi connectivity index (χ1n) is 8.55. The lowest BCUT2D eigenvalue weighted by molar-refractivity contribution is -0.141. The molecule has 0 spiro atoms. The van der Waals surface area contributed by atoms with Crippen molar-refractivity contribution in [2.45, 2.75) is 38.3 Å². The van der Waals surface area contributed by atoms with Crippen molar-refractivity contribution >= 4 is 24.7 Å². The maximum absolute atomic E-state index is 11.1. The second-order valence-electron chi connectivity index (χ2n) is 6.46. The molecule has 0 aromatic heterocycles. The summed E-state index contributed by atoms with van der Waals surface area (Å²) in [6, 6.07) is 21.2. The molecule has 2 aromatic carbocycles. The van der Waals surface area contributed by atoms with Gasteiger partial charge in [0.25, 0.3) is 8.32 Å². The summed E-state index contributed by atoms with van der Waals surface area (Å²) in [6.07, 6.45) is 2.08. The monoisotopic (exact) mass is 340 g/mol. The average Bonchev–Trinajstić information content (AvgIpc) is 2.93. The Morgan fingerprint density at radius 2 is 1.62 bits per heavy atom. The largest absolute Gasteiger partial charge is 0.466 e. The quantitative estimate of drug-likeness (QED) is 0.620. The summed E-state index contributed by atoms with van der Waals surface area (Å²) >= 11 is 0. The fourth-order valence-electron chi connectivity index (χ4n) is 3.84. The molecule has 1 fully saturated rings. The van der Waals surface area contributed by atoms with Gasteiger partial charge in [0.1, 0.15) is 0 Å². The van der Waals surface area contributed by atoms with Crippen LogP contribution in [0, 0.1) is 0 Å². The summed E-state index contributed by atoms with van der Waals surface area (Å²) in [7, 11) is -2.34. The van der Waals surface area contributed by atoms with Crippen molar-refractivity contribution in [2.24, 2.45) is 0 Å². The third-order valence-electron chi connectivity index (χ3n) is 4.76. The third-order valence-corrected chi connectivity index (χ3v) is 9.59. The Balaban J connectivity index is 2.01. The molecule has 1 saturated heterocycles. The predicted molar refractivity (Wildman–Crippen MR) is 98.1 cm³/mol. The fourth-order valence-corrected chi connectivity index (χ4v) is 8.88. The van der Waals surface area contributed by atoms with Crippen molar-refractivity contribution in [3.05, 3.63) is 60.7 Å². The Labute approximate surface area is 144 Å². The number of benzene rings is 2. The van der Waals surface area contributed by atoms with E-state index in [-0.39, 0.29) is 12.1 Å². The molecule has 1 aliphatic heterocycles. The Hall–Kier alpha value is -1.91. The lowest BCUT2D eigenvalue weighted by Gasteiger charge is -2.33. The van der Waals surface area contributed by atoms with Crippen LogP contribution in [0.5, 0.6) is 0 Å². The maximum atomic E-state index is 11.1. The number of esters is 1. The summed E-state index contributed by atoms with van der Waals surface area (Å²) in [5.74, 6) is -0.214. The minimum Gasteiger partial charge on any atom is -0.466 e.